The molecule has 16 heavy (non-hydrogen) atoms. The Balaban J connectivity index is 2.14. The number of hydrogen-bond acceptors (Lipinski definition) is 2. The first-order valence-corrected chi connectivity index (χ1v) is 6.78. The molecule has 1 fully saturated rings. The van der Waals surface area contributed by atoms with Crippen molar-refractivity contribution in [2.45, 2.75) is 19.8 Å². The van der Waals surface area contributed by atoms with E-state index in [9.17, 15) is 0 Å². The molecule has 2 rings (SSSR count). The second-order valence-electron chi connectivity index (χ2n) is 4.37. The Morgan fingerprint density at radius 1 is 1.19 bits per heavy atom. The van der Waals surface area contributed by atoms with Crippen molar-refractivity contribution in [1.29, 1.82) is 0 Å². The van der Waals surface area contributed by atoms with E-state index in [1.54, 1.807) is 0 Å². The lowest BCUT2D eigenvalue weighted by Gasteiger charge is -2.28. The van der Waals surface area contributed by atoms with Crippen LogP contribution in [-0.4, -0.2) is 26.2 Å². The fourth-order valence-electron chi connectivity index (χ4n) is 2.24. The van der Waals surface area contributed by atoms with Gasteiger partial charge in [0.2, 0.25) is 0 Å². The van der Waals surface area contributed by atoms with Crippen LogP contribution >= 0.6 is 15.9 Å². The third kappa shape index (κ3) is 2.98. The minimum Gasteiger partial charge on any atom is -0.371 e. The lowest BCUT2D eigenvalue weighted by atomic mass is 10.1. The maximum Gasteiger partial charge on any atom is 0.0396 e. The maximum atomic E-state index is 3.52. The first kappa shape index (κ1) is 11.9. The highest BCUT2D eigenvalue weighted by Crippen LogP contribution is 2.24. The molecule has 1 heterocycles. The summed E-state index contributed by atoms with van der Waals surface area (Å²) >= 11 is 3.52. The zero-order valence-electron chi connectivity index (χ0n) is 9.80. The third-order valence-corrected chi connectivity index (χ3v) is 3.56. The van der Waals surface area contributed by atoms with E-state index in [1.807, 2.05) is 0 Å². The highest BCUT2D eigenvalue weighted by molar-refractivity contribution is 9.10. The van der Waals surface area contributed by atoms with Gasteiger partial charge in [-0.25, -0.2) is 0 Å². The van der Waals surface area contributed by atoms with Gasteiger partial charge >= 0.3 is 0 Å². The summed E-state index contributed by atoms with van der Waals surface area (Å²) < 4.78 is 1.17. The molecular formula is C13H19BrN2. The number of benzene rings is 1. The standard InChI is InChI=1S/C13H19BrN2/c1-11-10-12(14)4-5-13(11)16-8-2-6-15-7-3-9-16/h4-5,10,15H,2-3,6-9H2,1H3. The Morgan fingerprint density at radius 3 is 2.50 bits per heavy atom. The SMILES string of the molecule is Cc1cc(Br)ccc1N1CCCNCCC1. The third-order valence-electron chi connectivity index (χ3n) is 3.06. The Kier molecular flexibility index (Phi) is 4.24. The van der Waals surface area contributed by atoms with Gasteiger partial charge in [0.25, 0.3) is 0 Å². The van der Waals surface area contributed by atoms with Crippen LogP contribution in [0, 0.1) is 6.92 Å². The Labute approximate surface area is 106 Å². The van der Waals surface area contributed by atoms with Crippen LogP contribution in [0.25, 0.3) is 0 Å². The summed E-state index contributed by atoms with van der Waals surface area (Å²) in [6.07, 6.45) is 2.46. The molecule has 2 nitrogen and oxygen atoms in total. The summed E-state index contributed by atoms with van der Waals surface area (Å²) in [5, 5.41) is 3.45. The Bertz CT molecular complexity index is 344. The first-order chi connectivity index (χ1) is 7.77. The van der Waals surface area contributed by atoms with E-state index in [4.69, 9.17) is 0 Å². The Morgan fingerprint density at radius 2 is 1.88 bits per heavy atom. The molecule has 0 atom stereocenters. The Hall–Kier alpha value is -0.540. The first-order valence-electron chi connectivity index (χ1n) is 5.99. The monoisotopic (exact) mass is 282 g/mol. The van der Waals surface area contributed by atoms with Gasteiger partial charge < -0.3 is 10.2 Å². The van der Waals surface area contributed by atoms with Gasteiger partial charge in [0, 0.05) is 23.2 Å². The molecule has 0 aromatic heterocycles. The van der Waals surface area contributed by atoms with E-state index >= 15 is 0 Å². The topological polar surface area (TPSA) is 15.3 Å². The van der Waals surface area contributed by atoms with Crippen LogP contribution in [0.5, 0.6) is 0 Å². The van der Waals surface area contributed by atoms with E-state index in [0.29, 0.717) is 0 Å². The smallest absolute Gasteiger partial charge is 0.0396 e. The summed E-state index contributed by atoms with van der Waals surface area (Å²) in [4.78, 5) is 2.52. The van der Waals surface area contributed by atoms with Gasteiger partial charge in [0.05, 0.1) is 0 Å². The summed E-state index contributed by atoms with van der Waals surface area (Å²) in [6.45, 7) is 6.81. The molecular weight excluding hydrogens is 264 g/mol. The zero-order valence-corrected chi connectivity index (χ0v) is 11.4. The highest BCUT2D eigenvalue weighted by Gasteiger charge is 2.10. The largest absolute Gasteiger partial charge is 0.371 e. The molecule has 0 unspecified atom stereocenters. The molecule has 1 aliphatic rings. The number of halogens is 1. The van der Waals surface area contributed by atoms with Crippen molar-refractivity contribution >= 4 is 21.6 Å². The van der Waals surface area contributed by atoms with Crippen LogP contribution < -0.4 is 10.2 Å². The predicted molar refractivity (Wildman–Crippen MR) is 73.2 cm³/mol. The van der Waals surface area contributed by atoms with Crippen molar-refractivity contribution < 1.29 is 0 Å². The fourth-order valence-corrected chi connectivity index (χ4v) is 2.72. The fraction of sp³-hybridized carbons (Fsp3) is 0.538. The summed E-state index contributed by atoms with van der Waals surface area (Å²) in [5.41, 5.74) is 2.76. The van der Waals surface area contributed by atoms with Crippen molar-refractivity contribution in [3.63, 3.8) is 0 Å². The molecule has 1 N–H and O–H groups in total. The van der Waals surface area contributed by atoms with Crippen LogP contribution in [-0.2, 0) is 0 Å². The van der Waals surface area contributed by atoms with Crippen molar-refractivity contribution in [1.82, 2.24) is 5.32 Å². The van der Waals surface area contributed by atoms with Crippen LogP contribution in [0.2, 0.25) is 0 Å². The molecule has 0 spiro atoms. The quantitative estimate of drug-likeness (QED) is 0.852. The number of anilines is 1. The van der Waals surface area contributed by atoms with Gasteiger partial charge in [0.15, 0.2) is 0 Å². The molecule has 1 aromatic carbocycles. The van der Waals surface area contributed by atoms with Gasteiger partial charge in [-0.2, -0.15) is 0 Å². The van der Waals surface area contributed by atoms with Gasteiger partial charge in [0.1, 0.15) is 0 Å². The molecule has 0 saturated carbocycles. The predicted octanol–water partition coefficient (Wildman–Crippen LogP) is 2.95. The molecule has 3 heteroatoms. The molecule has 1 aromatic rings. The van der Waals surface area contributed by atoms with Crippen LogP contribution in [0.4, 0.5) is 5.69 Å². The lowest BCUT2D eigenvalue weighted by Crippen LogP contribution is -2.34. The van der Waals surface area contributed by atoms with Gasteiger partial charge in [-0.05, 0) is 56.6 Å². The highest BCUT2D eigenvalue weighted by atomic mass is 79.9. The van der Waals surface area contributed by atoms with Crippen molar-refractivity contribution in [2.24, 2.45) is 0 Å². The second kappa shape index (κ2) is 5.69. The van der Waals surface area contributed by atoms with Crippen LogP contribution in [0.15, 0.2) is 22.7 Å². The minimum absolute atomic E-state index is 1.14. The number of aryl methyl sites for hydroxylation is 1. The average Bonchev–Trinajstić information content (AvgIpc) is 2.19. The molecule has 1 saturated heterocycles. The van der Waals surface area contributed by atoms with Gasteiger partial charge in [-0.1, -0.05) is 15.9 Å². The number of hydrogen-bond donors (Lipinski definition) is 1. The maximum absolute atomic E-state index is 3.52. The molecule has 1 aliphatic heterocycles. The van der Waals surface area contributed by atoms with Crippen molar-refractivity contribution in [3.8, 4) is 0 Å². The normalized spacial score (nSPS) is 18.0. The number of nitrogens with zero attached hydrogens (tertiary/aromatic N) is 1. The van der Waals surface area contributed by atoms with Crippen molar-refractivity contribution in [3.05, 3.63) is 28.2 Å². The van der Waals surface area contributed by atoms with Crippen LogP contribution in [0.3, 0.4) is 0 Å². The lowest BCUT2D eigenvalue weighted by molar-refractivity contribution is 0.567. The number of rotatable bonds is 1. The molecule has 0 amide bonds. The average molecular weight is 283 g/mol. The van der Waals surface area contributed by atoms with E-state index < -0.39 is 0 Å². The zero-order chi connectivity index (χ0) is 11.4. The van der Waals surface area contributed by atoms with E-state index in [-0.39, 0.29) is 0 Å². The van der Waals surface area contributed by atoms with Gasteiger partial charge in [-0.15, -0.1) is 0 Å². The van der Waals surface area contributed by atoms with Gasteiger partial charge in [-0.3, -0.25) is 0 Å². The summed E-state index contributed by atoms with van der Waals surface area (Å²) in [5.74, 6) is 0. The molecule has 88 valence electrons. The molecule has 0 bridgehead atoms. The summed E-state index contributed by atoms with van der Waals surface area (Å²) in [7, 11) is 0. The van der Waals surface area contributed by atoms with Crippen molar-refractivity contribution in [2.75, 3.05) is 31.1 Å². The minimum atomic E-state index is 1.14. The van der Waals surface area contributed by atoms with E-state index in [0.717, 1.165) is 26.2 Å². The van der Waals surface area contributed by atoms with Crippen LogP contribution in [0.1, 0.15) is 18.4 Å². The summed E-state index contributed by atoms with van der Waals surface area (Å²) in [6, 6.07) is 6.57. The molecule has 0 aliphatic carbocycles. The van der Waals surface area contributed by atoms with E-state index in [1.165, 1.54) is 28.6 Å². The molecule has 0 radical (unpaired) electrons. The van der Waals surface area contributed by atoms with E-state index in [2.05, 4.69) is 51.3 Å². The second-order valence-corrected chi connectivity index (χ2v) is 5.29. The number of nitrogens with one attached hydrogen (secondary N) is 1.